The number of aliphatic hydroxyl groups is 1. The van der Waals surface area contributed by atoms with Gasteiger partial charge in [0.2, 0.25) is 0 Å². The maximum atomic E-state index is 12.2. The zero-order valence-electron chi connectivity index (χ0n) is 13.3. The predicted molar refractivity (Wildman–Crippen MR) is 83.1 cm³/mol. The van der Waals surface area contributed by atoms with Crippen molar-refractivity contribution in [3.8, 4) is 0 Å². The lowest BCUT2D eigenvalue weighted by Gasteiger charge is -2.31. The van der Waals surface area contributed by atoms with E-state index in [-0.39, 0.29) is 18.1 Å². The summed E-state index contributed by atoms with van der Waals surface area (Å²) in [5, 5.41) is 10.2. The van der Waals surface area contributed by atoms with Gasteiger partial charge in [-0.05, 0) is 32.3 Å². The molecule has 5 heteroatoms. The van der Waals surface area contributed by atoms with Crippen molar-refractivity contribution in [3.63, 3.8) is 0 Å². The molecule has 0 aromatic heterocycles. The van der Waals surface area contributed by atoms with Crippen LogP contribution >= 0.6 is 0 Å². The Balaban J connectivity index is 2.15. The van der Waals surface area contributed by atoms with Crippen LogP contribution in [-0.4, -0.2) is 47.6 Å². The molecule has 0 amide bonds. The second-order valence-corrected chi connectivity index (χ2v) is 5.42. The van der Waals surface area contributed by atoms with Gasteiger partial charge in [0.1, 0.15) is 6.04 Å². The molecule has 1 saturated heterocycles. The highest BCUT2D eigenvalue weighted by molar-refractivity contribution is 5.76. The van der Waals surface area contributed by atoms with E-state index in [1.165, 1.54) is 0 Å². The highest BCUT2D eigenvalue weighted by atomic mass is 16.6. The minimum absolute atomic E-state index is 0.186. The third kappa shape index (κ3) is 4.06. The summed E-state index contributed by atoms with van der Waals surface area (Å²) in [4.78, 5) is 14.2. The fraction of sp³-hybridized carbons (Fsp3) is 0.588. The molecule has 1 fully saturated rings. The van der Waals surface area contributed by atoms with E-state index in [0.29, 0.717) is 26.2 Å². The zero-order valence-corrected chi connectivity index (χ0v) is 13.3. The fourth-order valence-corrected chi connectivity index (χ4v) is 2.99. The molecule has 5 nitrogen and oxygen atoms in total. The molecule has 2 rings (SSSR count). The summed E-state index contributed by atoms with van der Waals surface area (Å²) in [5.74, 6) is -0.218. The summed E-state index contributed by atoms with van der Waals surface area (Å²) < 4.78 is 10.5. The molecule has 0 aliphatic carbocycles. The average molecular weight is 307 g/mol. The van der Waals surface area contributed by atoms with Gasteiger partial charge in [0.25, 0.3) is 0 Å². The molecule has 3 unspecified atom stereocenters. The third-order valence-electron chi connectivity index (χ3n) is 4.00. The number of esters is 1. The van der Waals surface area contributed by atoms with Gasteiger partial charge in [-0.25, -0.2) is 0 Å². The van der Waals surface area contributed by atoms with Gasteiger partial charge in [-0.3, -0.25) is 9.69 Å². The molecule has 1 aliphatic rings. The molecule has 0 saturated carbocycles. The Bertz CT molecular complexity index is 465. The van der Waals surface area contributed by atoms with E-state index in [4.69, 9.17) is 9.47 Å². The first-order chi connectivity index (χ1) is 10.7. The molecule has 1 aromatic carbocycles. The first kappa shape index (κ1) is 16.9. The first-order valence-electron chi connectivity index (χ1n) is 7.93. The summed E-state index contributed by atoms with van der Waals surface area (Å²) >= 11 is 0. The fourth-order valence-electron chi connectivity index (χ4n) is 2.99. The van der Waals surface area contributed by atoms with Crippen molar-refractivity contribution in [2.24, 2.45) is 0 Å². The van der Waals surface area contributed by atoms with Crippen LogP contribution in [0.25, 0.3) is 0 Å². The van der Waals surface area contributed by atoms with Gasteiger partial charge >= 0.3 is 5.97 Å². The number of benzene rings is 1. The molecule has 1 heterocycles. The average Bonchev–Trinajstić information content (AvgIpc) is 2.92. The summed E-state index contributed by atoms with van der Waals surface area (Å²) in [6.45, 7) is 5.07. The van der Waals surface area contributed by atoms with Crippen LogP contribution in [-0.2, 0) is 20.8 Å². The van der Waals surface area contributed by atoms with Gasteiger partial charge in [0, 0.05) is 13.2 Å². The standard InChI is InChI=1S/C17H25NO4/c1-3-21-16(19)14-10-11-15(17(20)22-4-2)18(14)12-13-8-6-5-7-9-13/h5-9,14-16,19H,3-4,10-12H2,1-2H3. The van der Waals surface area contributed by atoms with Gasteiger partial charge in [-0.2, -0.15) is 0 Å². The van der Waals surface area contributed by atoms with E-state index in [1.54, 1.807) is 6.92 Å². The molecule has 1 aliphatic heterocycles. The molecule has 122 valence electrons. The van der Waals surface area contributed by atoms with Crippen molar-refractivity contribution in [3.05, 3.63) is 35.9 Å². The Labute approximate surface area is 131 Å². The van der Waals surface area contributed by atoms with Gasteiger partial charge in [0.05, 0.1) is 12.6 Å². The summed E-state index contributed by atoms with van der Waals surface area (Å²) in [7, 11) is 0. The smallest absolute Gasteiger partial charge is 0.323 e. The molecule has 22 heavy (non-hydrogen) atoms. The quantitative estimate of drug-likeness (QED) is 0.616. The van der Waals surface area contributed by atoms with Crippen LogP contribution in [0.5, 0.6) is 0 Å². The molecular formula is C17H25NO4. The molecular weight excluding hydrogens is 282 g/mol. The number of hydrogen-bond acceptors (Lipinski definition) is 5. The minimum atomic E-state index is -0.881. The molecule has 1 N–H and O–H groups in total. The maximum absolute atomic E-state index is 12.2. The van der Waals surface area contributed by atoms with Gasteiger partial charge < -0.3 is 14.6 Å². The monoisotopic (exact) mass is 307 g/mol. The number of nitrogens with zero attached hydrogens (tertiary/aromatic N) is 1. The summed E-state index contributed by atoms with van der Waals surface area (Å²) in [6.07, 6.45) is 0.519. The number of carbonyl (C=O) groups excluding carboxylic acids is 1. The number of carbonyl (C=O) groups is 1. The van der Waals surface area contributed by atoms with E-state index in [2.05, 4.69) is 0 Å². The van der Waals surface area contributed by atoms with Gasteiger partial charge in [-0.1, -0.05) is 30.3 Å². The number of likely N-dealkylation sites (tertiary alicyclic amines) is 1. The minimum Gasteiger partial charge on any atom is -0.465 e. The zero-order chi connectivity index (χ0) is 15.9. The SMILES string of the molecule is CCOC(=O)C1CCC(C(O)OCC)N1Cc1ccccc1. The molecule has 3 atom stereocenters. The molecule has 0 bridgehead atoms. The summed E-state index contributed by atoms with van der Waals surface area (Å²) in [6, 6.07) is 9.44. The van der Waals surface area contributed by atoms with Crippen molar-refractivity contribution >= 4 is 5.97 Å². The highest BCUT2D eigenvalue weighted by Crippen LogP contribution is 2.29. The maximum Gasteiger partial charge on any atom is 0.323 e. The largest absolute Gasteiger partial charge is 0.465 e. The number of aliphatic hydroxyl groups excluding tert-OH is 1. The van der Waals surface area contributed by atoms with Gasteiger partial charge in [0.15, 0.2) is 6.29 Å². The Hall–Kier alpha value is -1.43. The molecule has 0 spiro atoms. The van der Waals surface area contributed by atoms with Crippen molar-refractivity contribution in [2.75, 3.05) is 13.2 Å². The van der Waals surface area contributed by atoms with E-state index in [0.717, 1.165) is 12.0 Å². The van der Waals surface area contributed by atoms with E-state index in [9.17, 15) is 9.90 Å². The summed E-state index contributed by atoms with van der Waals surface area (Å²) in [5.41, 5.74) is 1.10. The molecule has 1 aromatic rings. The lowest BCUT2D eigenvalue weighted by molar-refractivity contribution is -0.157. The Morgan fingerprint density at radius 2 is 2.00 bits per heavy atom. The van der Waals surface area contributed by atoms with E-state index < -0.39 is 6.29 Å². The molecule has 0 radical (unpaired) electrons. The van der Waals surface area contributed by atoms with E-state index in [1.807, 2.05) is 42.2 Å². The van der Waals surface area contributed by atoms with Crippen LogP contribution in [0.2, 0.25) is 0 Å². The van der Waals surface area contributed by atoms with Crippen LogP contribution < -0.4 is 0 Å². The van der Waals surface area contributed by atoms with E-state index >= 15 is 0 Å². The topological polar surface area (TPSA) is 59.0 Å². The predicted octanol–water partition coefficient (Wildman–Crippen LogP) is 1.94. The second kappa shape index (κ2) is 8.27. The van der Waals surface area contributed by atoms with Crippen molar-refractivity contribution < 1.29 is 19.4 Å². The van der Waals surface area contributed by atoms with Crippen LogP contribution in [0.4, 0.5) is 0 Å². The number of ether oxygens (including phenoxy) is 2. The second-order valence-electron chi connectivity index (χ2n) is 5.42. The van der Waals surface area contributed by atoms with Crippen LogP contribution in [0, 0.1) is 0 Å². The Morgan fingerprint density at radius 3 is 2.64 bits per heavy atom. The normalized spacial score (nSPS) is 23.4. The van der Waals surface area contributed by atoms with Crippen LogP contribution in [0.15, 0.2) is 30.3 Å². The van der Waals surface area contributed by atoms with Crippen LogP contribution in [0.1, 0.15) is 32.3 Å². The highest BCUT2D eigenvalue weighted by Gasteiger charge is 2.42. The first-order valence-corrected chi connectivity index (χ1v) is 7.93. The van der Waals surface area contributed by atoms with Crippen molar-refractivity contribution in [2.45, 2.75) is 51.6 Å². The lowest BCUT2D eigenvalue weighted by atomic mass is 10.1. The van der Waals surface area contributed by atoms with Crippen molar-refractivity contribution in [1.82, 2.24) is 4.90 Å². The third-order valence-corrected chi connectivity index (χ3v) is 4.00. The van der Waals surface area contributed by atoms with Crippen LogP contribution in [0.3, 0.4) is 0 Å². The number of rotatable bonds is 7. The lowest BCUT2D eigenvalue weighted by Crippen LogP contribution is -2.46. The van der Waals surface area contributed by atoms with Crippen molar-refractivity contribution in [1.29, 1.82) is 0 Å². The number of hydrogen-bond donors (Lipinski definition) is 1. The Kier molecular flexibility index (Phi) is 6.36. The van der Waals surface area contributed by atoms with Gasteiger partial charge in [-0.15, -0.1) is 0 Å². The Morgan fingerprint density at radius 1 is 1.27 bits per heavy atom.